The Labute approximate surface area is 138 Å². The molecule has 2 heterocycles. The normalized spacial score (nSPS) is 12.0. The number of aromatic nitrogens is 2. The van der Waals surface area contributed by atoms with Crippen molar-refractivity contribution in [2.75, 3.05) is 7.11 Å². The molecule has 0 bridgehead atoms. The molecule has 0 amide bonds. The maximum absolute atomic E-state index is 12.6. The van der Waals surface area contributed by atoms with E-state index >= 15 is 0 Å². The van der Waals surface area contributed by atoms with Crippen LogP contribution in [0.4, 0.5) is 0 Å². The maximum Gasteiger partial charge on any atom is 0.244 e. The zero-order valence-corrected chi connectivity index (χ0v) is 14.7. The van der Waals surface area contributed by atoms with E-state index in [2.05, 4.69) is 9.71 Å². The molecule has 1 aromatic carbocycles. The van der Waals surface area contributed by atoms with Crippen molar-refractivity contribution in [3.8, 4) is 5.75 Å². The smallest absolute Gasteiger partial charge is 0.244 e. The van der Waals surface area contributed by atoms with E-state index in [1.165, 1.54) is 18.4 Å². The van der Waals surface area contributed by atoms with Crippen molar-refractivity contribution in [3.05, 3.63) is 46.7 Å². The summed E-state index contributed by atoms with van der Waals surface area (Å²) in [5, 5.41) is 1.93. The topological polar surface area (TPSA) is 72.7 Å². The van der Waals surface area contributed by atoms with Gasteiger partial charge in [0.05, 0.1) is 19.3 Å². The van der Waals surface area contributed by atoms with E-state index in [0.29, 0.717) is 11.4 Å². The Balaban J connectivity index is 1.86. The van der Waals surface area contributed by atoms with Gasteiger partial charge in [0.1, 0.15) is 10.6 Å². The molecular formula is C15H17N3O3S2. The third kappa shape index (κ3) is 3.10. The lowest BCUT2D eigenvalue weighted by Gasteiger charge is -2.12. The maximum atomic E-state index is 12.6. The van der Waals surface area contributed by atoms with Crippen molar-refractivity contribution in [2.45, 2.75) is 25.3 Å². The van der Waals surface area contributed by atoms with Crippen LogP contribution >= 0.6 is 11.3 Å². The Hall–Kier alpha value is -1.90. The summed E-state index contributed by atoms with van der Waals surface area (Å²) >= 11 is 1.50. The van der Waals surface area contributed by atoms with Crippen LogP contribution in [0.2, 0.25) is 0 Å². The number of nitrogens with zero attached hydrogens (tertiary/aromatic N) is 2. The summed E-state index contributed by atoms with van der Waals surface area (Å²) < 4.78 is 34.8. The summed E-state index contributed by atoms with van der Waals surface area (Å²) in [6.45, 7) is 3.92. The molecule has 0 aliphatic heterocycles. The number of fused-ring (bicyclic) bond motifs is 1. The van der Waals surface area contributed by atoms with Gasteiger partial charge in [-0.25, -0.2) is 18.1 Å². The Kier molecular flexibility index (Phi) is 4.13. The summed E-state index contributed by atoms with van der Waals surface area (Å²) in [6, 6.07) is 3.36. The third-order valence-electron chi connectivity index (χ3n) is 3.66. The molecule has 0 aliphatic carbocycles. The molecule has 23 heavy (non-hydrogen) atoms. The number of aryl methyl sites for hydroxylation is 2. The predicted molar refractivity (Wildman–Crippen MR) is 89.6 cm³/mol. The van der Waals surface area contributed by atoms with E-state index in [1.54, 1.807) is 12.1 Å². The van der Waals surface area contributed by atoms with Crippen LogP contribution < -0.4 is 9.46 Å². The van der Waals surface area contributed by atoms with E-state index in [1.807, 2.05) is 36.0 Å². The highest BCUT2D eigenvalue weighted by molar-refractivity contribution is 7.89. The molecule has 0 atom stereocenters. The predicted octanol–water partition coefficient (Wildman–Crippen LogP) is 2.50. The van der Waals surface area contributed by atoms with Crippen LogP contribution in [-0.4, -0.2) is 24.9 Å². The molecule has 0 unspecified atom stereocenters. The summed E-state index contributed by atoms with van der Waals surface area (Å²) in [6.07, 6.45) is 3.70. The molecule has 1 N–H and O–H groups in total. The van der Waals surface area contributed by atoms with E-state index in [9.17, 15) is 8.42 Å². The molecule has 0 spiro atoms. The van der Waals surface area contributed by atoms with Gasteiger partial charge in [-0.1, -0.05) is 0 Å². The Morgan fingerprint density at radius 3 is 2.74 bits per heavy atom. The molecule has 0 fully saturated rings. The summed E-state index contributed by atoms with van der Waals surface area (Å²) in [5.74, 6) is 0.339. The molecule has 122 valence electrons. The zero-order chi connectivity index (χ0) is 16.6. The van der Waals surface area contributed by atoms with Crippen LogP contribution in [0.15, 0.2) is 34.8 Å². The molecule has 8 heteroatoms. The van der Waals surface area contributed by atoms with Gasteiger partial charge < -0.3 is 4.74 Å². The van der Waals surface area contributed by atoms with Gasteiger partial charge in [-0.05, 0) is 37.1 Å². The van der Waals surface area contributed by atoms with Gasteiger partial charge in [0.25, 0.3) is 0 Å². The minimum Gasteiger partial charge on any atom is -0.495 e. The summed E-state index contributed by atoms with van der Waals surface area (Å²) in [5.41, 5.74) is 2.55. The van der Waals surface area contributed by atoms with Gasteiger partial charge in [0.2, 0.25) is 10.0 Å². The van der Waals surface area contributed by atoms with Crippen molar-refractivity contribution < 1.29 is 13.2 Å². The van der Waals surface area contributed by atoms with Gasteiger partial charge in [0, 0.05) is 17.8 Å². The fourth-order valence-corrected chi connectivity index (χ4v) is 4.19. The summed E-state index contributed by atoms with van der Waals surface area (Å²) in [7, 11) is -2.22. The molecule has 0 radical (unpaired) electrons. The zero-order valence-electron chi connectivity index (χ0n) is 13.0. The van der Waals surface area contributed by atoms with Crippen LogP contribution in [0.3, 0.4) is 0 Å². The average Bonchev–Trinajstić information content (AvgIpc) is 3.08. The number of sulfonamides is 1. The third-order valence-corrected chi connectivity index (χ3v) is 5.85. The number of hydrogen-bond acceptors (Lipinski definition) is 5. The molecule has 0 saturated heterocycles. The molecule has 3 rings (SSSR count). The minimum absolute atomic E-state index is 0.132. The highest BCUT2D eigenvalue weighted by atomic mass is 32.2. The molecule has 0 saturated carbocycles. The SMILES string of the molecule is COc1cc(C)c(C)cc1S(=O)(=O)NCc1cn2ccsc2n1. The number of ether oxygens (including phenoxy) is 1. The van der Waals surface area contributed by atoms with Crippen molar-refractivity contribution >= 4 is 26.3 Å². The highest BCUT2D eigenvalue weighted by Gasteiger charge is 2.21. The first-order valence-corrected chi connectivity index (χ1v) is 9.33. The number of thiazole rings is 1. The monoisotopic (exact) mass is 351 g/mol. The van der Waals surface area contributed by atoms with Crippen molar-refractivity contribution in [1.29, 1.82) is 0 Å². The summed E-state index contributed by atoms with van der Waals surface area (Å²) in [4.78, 5) is 5.35. The second-order valence-electron chi connectivity index (χ2n) is 5.24. The second kappa shape index (κ2) is 5.95. The Morgan fingerprint density at radius 1 is 1.30 bits per heavy atom. The molecule has 2 aromatic heterocycles. The van der Waals surface area contributed by atoms with Crippen molar-refractivity contribution in [1.82, 2.24) is 14.1 Å². The van der Waals surface area contributed by atoms with Gasteiger partial charge in [-0.2, -0.15) is 0 Å². The quantitative estimate of drug-likeness (QED) is 0.766. The van der Waals surface area contributed by atoms with Crippen LogP contribution in [0, 0.1) is 13.8 Å². The van der Waals surface area contributed by atoms with Crippen LogP contribution in [0.25, 0.3) is 4.96 Å². The molecule has 6 nitrogen and oxygen atoms in total. The first-order chi connectivity index (χ1) is 10.9. The lowest BCUT2D eigenvalue weighted by molar-refractivity contribution is 0.401. The van der Waals surface area contributed by atoms with Gasteiger partial charge in [0.15, 0.2) is 4.96 Å². The number of methoxy groups -OCH3 is 1. The van der Waals surface area contributed by atoms with Crippen molar-refractivity contribution in [3.63, 3.8) is 0 Å². The lowest BCUT2D eigenvalue weighted by Crippen LogP contribution is -2.24. The van der Waals surface area contributed by atoms with Gasteiger partial charge in [-0.3, -0.25) is 4.40 Å². The Bertz CT molecular complexity index is 929. The largest absolute Gasteiger partial charge is 0.495 e. The van der Waals surface area contributed by atoms with Gasteiger partial charge >= 0.3 is 0 Å². The molecule has 3 aromatic rings. The van der Waals surface area contributed by atoms with Crippen LogP contribution in [-0.2, 0) is 16.6 Å². The van der Waals surface area contributed by atoms with E-state index in [-0.39, 0.29) is 11.4 Å². The highest BCUT2D eigenvalue weighted by Crippen LogP contribution is 2.27. The fourth-order valence-electron chi connectivity index (χ4n) is 2.24. The number of rotatable bonds is 5. The lowest BCUT2D eigenvalue weighted by atomic mass is 10.1. The first-order valence-electron chi connectivity index (χ1n) is 6.96. The number of nitrogens with one attached hydrogen (secondary N) is 1. The standard InChI is InChI=1S/C15H17N3O3S2/c1-10-6-13(21-3)14(7-11(10)2)23(19,20)16-8-12-9-18-4-5-22-15(18)17-12/h4-7,9,16H,8H2,1-3H3. The number of hydrogen-bond donors (Lipinski definition) is 1. The van der Waals surface area contributed by atoms with Gasteiger partial charge in [-0.15, -0.1) is 11.3 Å². The van der Waals surface area contributed by atoms with Crippen LogP contribution in [0.5, 0.6) is 5.75 Å². The van der Waals surface area contributed by atoms with Crippen LogP contribution in [0.1, 0.15) is 16.8 Å². The fraction of sp³-hybridized carbons (Fsp3) is 0.267. The molecular weight excluding hydrogens is 334 g/mol. The second-order valence-corrected chi connectivity index (χ2v) is 7.85. The minimum atomic E-state index is -3.68. The number of benzene rings is 1. The molecule has 0 aliphatic rings. The van der Waals surface area contributed by atoms with E-state index in [4.69, 9.17) is 4.74 Å². The first kappa shape index (κ1) is 16.0. The van der Waals surface area contributed by atoms with E-state index < -0.39 is 10.0 Å². The van der Waals surface area contributed by atoms with Crippen molar-refractivity contribution in [2.24, 2.45) is 0 Å². The van der Waals surface area contributed by atoms with E-state index in [0.717, 1.165) is 16.1 Å². The Morgan fingerprint density at radius 2 is 2.04 bits per heavy atom. The number of imidazole rings is 1. The average molecular weight is 351 g/mol.